The quantitative estimate of drug-likeness (QED) is 0.717. The third-order valence-electron chi connectivity index (χ3n) is 4.10. The van der Waals surface area contributed by atoms with Gasteiger partial charge in [-0.15, -0.1) is 0 Å². The molecule has 1 aliphatic carbocycles. The molecule has 0 radical (unpaired) electrons. The molecule has 6 heteroatoms. The average Bonchev–Trinajstić information content (AvgIpc) is 3.19. The van der Waals surface area contributed by atoms with Crippen LogP contribution in [0.1, 0.15) is 26.2 Å². The second-order valence-electron chi connectivity index (χ2n) is 5.48. The summed E-state index contributed by atoms with van der Waals surface area (Å²) in [5.41, 5.74) is 0. The largest absolute Gasteiger partial charge is 0.481 e. The molecule has 1 saturated carbocycles. The minimum Gasteiger partial charge on any atom is -0.481 e. The number of hydrogen-bond acceptors (Lipinski definition) is 4. The first-order chi connectivity index (χ1) is 9.63. The van der Waals surface area contributed by atoms with Gasteiger partial charge in [-0.2, -0.15) is 0 Å². The highest BCUT2D eigenvalue weighted by Gasteiger charge is 2.44. The van der Waals surface area contributed by atoms with E-state index in [1.165, 1.54) is 0 Å². The van der Waals surface area contributed by atoms with Gasteiger partial charge in [0.15, 0.2) is 0 Å². The lowest BCUT2D eigenvalue weighted by Gasteiger charge is -2.27. The Morgan fingerprint density at radius 1 is 1.40 bits per heavy atom. The van der Waals surface area contributed by atoms with Crippen LogP contribution in [0.4, 0.5) is 0 Å². The van der Waals surface area contributed by atoms with Gasteiger partial charge in [0.05, 0.1) is 17.9 Å². The van der Waals surface area contributed by atoms with Gasteiger partial charge < -0.3 is 19.9 Å². The highest BCUT2D eigenvalue weighted by Crippen LogP contribution is 2.34. The maximum Gasteiger partial charge on any atom is 0.308 e. The standard InChI is InChI=1S/C14H23NO5/c1-2-20-12-7-10(12)13(16)15-8-11(14(17)18)9-3-5-19-6-4-9/h9-12H,2-8H2,1H3,(H,15,16)(H,17,18). The highest BCUT2D eigenvalue weighted by atomic mass is 16.5. The van der Waals surface area contributed by atoms with Crippen LogP contribution in [0.3, 0.4) is 0 Å². The Balaban J connectivity index is 1.77. The molecule has 3 unspecified atom stereocenters. The van der Waals surface area contributed by atoms with E-state index in [1.807, 2.05) is 6.92 Å². The van der Waals surface area contributed by atoms with Crippen LogP contribution in [-0.2, 0) is 19.1 Å². The lowest BCUT2D eigenvalue weighted by molar-refractivity contribution is -0.145. The van der Waals surface area contributed by atoms with Crippen molar-refractivity contribution in [2.75, 3.05) is 26.4 Å². The van der Waals surface area contributed by atoms with Crippen molar-refractivity contribution >= 4 is 11.9 Å². The lowest BCUT2D eigenvalue weighted by atomic mass is 9.86. The molecule has 3 atom stereocenters. The Kier molecular flexibility index (Phi) is 5.37. The van der Waals surface area contributed by atoms with Gasteiger partial charge in [0.2, 0.25) is 5.91 Å². The van der Waals surface area contributed by atoms with Crippen molar-refractivity contribution < 1.29 is 24.2 Å². The Morgan fingerprint density at radius 2 is 2.10 bits per heavy atom. The number of hydrogen-bond donors (Lipinski definition) is 2. The van der Waals surface area contributed by atoms with E-state index in [-0.39, 0.29) is 30.4 Å². The Morgan fingerprint density at radius 3 is 2.70 bits per heavy atom. The first-order valence-electron chi connectivity index (χ1n) is 7.33. The molecule has 2 N–H and O–H groups in total. The third kappa shape index (κ3) is 3.93. The number of ether oxygens (including phenoxy) is 2. The number of carboxylic acids is 1. The van der Waals surface area contributed by atoms with E-state index in [1.54, 1.807) is 0 Å². The summed E-state index contributed by atoms with van der Waals surface area (Å²) in [6, 6.07) is 0. The summed E-state index contributed by atoms with van der Waals surface area (Å²) in [5.74, 6) is -1.45. The number of aliphatic carboxylic acids is 1. The number of rotatable bonds is 7. The minimum absolute atomic E-state index is 0.0198. The molecule has 1 heterocycles. The van der Waals surface area contributed by atoms with E-state index < -0.39 is 11.9 Å². The fourth-order valence-corrected chi connectivity index (χ4v) is 2.76. The molecule has 2 rings (SSSR count). The van der Waals surface area contributed by atoms with Crippen molar-refractivity contribution in [2.45, 2.75) is 32.3 Å². The maximum atomic E-state index is 11.9. The Labute approximate surface area is 118 Å². The lowest BCUT2D eigenvalue weighted by Crippen LogP contribution is -2.39. The number of nitrogens with one attached hydrogen (secondary N) is 1. The molecule has 1 amide bonds. The molecule has 0 spiro atoms. The van der Waals surface area contributed by atoms with Crippen molar-refractivity contribution in [1.29, 1.82) is 0 Å². The number of carboxylic acid groups (broad SMARTS) is 1. The fourth-order valence-electron chi connectivity index (χ4n) is 2.76. The summed E-state index contributed by atoms with van der Waals surface area (Å²) in [6.45, 7) is 3.93. The fraction of sp³-hybridized carbons (Fsp3) is 0.857. The van der Waals surface area contributed by atoms with Crippen LogP contribution in [0.15, 0.2) is 0 Å². The topological polar surface area (TPSA) is 84.9 Å². The summed E-state index contributed by atoms with van der Waals surface area (Å²) in [4.78, 5) is 23.2. The van der Waals surface area contributed by atoms with Crippen molar-refractivity contribution in [2.24, 2.45) is 17.8 Å². The van der Waals surface area contributed by atoms with Crippen LogP contribution in [0.25, 0.3) is 0 Å². The van der Waals surface area contributed by atoms with Gasteiger partial charge in [0.1, 0.15) is 0 Å². The van der Waals surface area contributed by atoms with E-state index in [0.717, 1.165) is 19.3 Å². The molecule has 0 aromatic rings. The van der Waals surface area contributed by atoms with Gasteiger partial charge in [-0.1, -0.05) is 0 Å². The SMILES string of the molecule is CCOC1CC1C(=O)NCC(C(=O)O)C1CCOCC1. The molecule has 0 aromatic carbocycles. The minimum atomic E-state index is -0.839. The van der Waals surface area contributed by atoms with Gasteiger partial charge in [-0.25, -0.2) is 0 Å². The van der Waals surface area contributed by atoms with E-state index in [9.17, 15) is 14.7 Å². The smallest absolute Gasteiger partial charge is 0.308 e. The molecular weight excluding hydrogens is 262 g/mol. The van der Waals surface area contributed by atoms with Crippen molar-refractivity contribution in [3.8, 4) is 0 Å². The zero-order valence-corrected chi connectivity index (χ0v) is 11.8. The molecule has 2 aliphatic rings. The monoisotopic (exact) mass is 285 g/mol. The average molecular weight is 285 g/mol. The number of carbonyl (C=O) groups is 2. The summed E-state index contributed by atoms with van der Waals surface area (Å²) in [6.07, 6.45) is 2.26. The third-order valence-corrected chi connectivity index (χ3v) is 4.10. The second kappa shape index (κ2) is 7.04. The van der Waals surface area contributed by atoms with E-state index >= 15 is 0 Å². The van der Waals surface area contributed by atoms with Gasteiger partial charge in [-0.05, 0) is 32.1 Å². The van der Waals surface area contributed by atoms with Crippen molar-refractivity contribution in [3.63, 3.8) is 0 Å². The van der Waals surface area contributed by atoms with Crippen LogP contribution >= 0.6 is 0 Å². The predicted octanol–water partition coefficient (Wildman–Crippen LogP) is 0.655. The van der Waals surface area contributed by atoms with Gasteiger partial charge in [0, 0.05) is 26.4 Å². The van der Waals surface area contributed by atoms with E-state index in [4.69, 9.17) is 9.47 Å². The van der Waals surface area contributed by atoms with E-state index in [0.29, 0.717) is 19.8 Å². The normalized spacial score (nSPS) is 27.9. The molecule has 0 bridgehead atoms. The van der Waals surface area contributed by atoms with Crippen LogP contribution in [0.2, 0.25) is 0 Å². The molecule has 20 heavy (non-hydrogen) atoms. The molecular formula is C14H23NO5. The van der Waals surface area contributed by atoms with Crippen molar-refractivity contribution in [1.82, 2.24) is 5.32 Å². The summed E-state index contributed by atoms with van der Waals surface area (Å²) < 4.78 is 10.6. The molecule has 6 nitrogen and oxygen atoms in total. The van der Waals surface area contributed by atoms with Gasteiger partial charge in [-0.3, -0.25) is 9.59 Å². The zero-order chi connectivity index (χ0) is 14.5. The van der Waals surface area contributed by atoms with Gasteiger partial charge >= 0.3 is 5.97 Å². The van der Waals surface area contributed by atoms with Crippen LogP contribution in [-0.4, -0.2) is 49.5 Å². The van der Waals surface area contributed by atoms with Crippen LogP contribution in [0.5, 0.6) is 0 Å². The molecule has 2 fully saturated rings. The van der Waals surface area contributed by atoms with Gasteiger partial charge in [0.25, 0.3) is 0 Å². The summed E-state index contributed by atoms with van der Waals surface area (Å²) in [7, 11) is 0. The van der Waals surface area contributed by atoms with Crippen LogP contribution < -0.4 is 5.32 Å². The number of amides is 1. The maximum absolute atomic E-state index is 11.9. The van der Waals surface area contributed by atoms with E-state index in [2.05, 4.69) is 5.32 Å². The Bertz CT molecular complexity index is 353. The summed E-state index contributed by atoms with van der Waals surface area (Å²) in [5, 5.41) is 12.1. The second-order valence-corrected chi connectivity index (χ2v) is 5.48. The molecule has 0 aromatic heterocycles. The Hall–Kier alpha value is -1.14. The molecule has 1 saturated heterocycles. The zero-order valence-electron chi connectivity index (χ0n) is 11.8. The molecule has 114 valence electrons. The molecule has 1 aliphatic heterocycles. The van der Waals surface area contributed by atoms with Crippen LogP contribution in [0, 0.1) is 17.8 Å². The van der Waals surface area contributed by atoms with Crippen molar-refractivity contribution in [3.05, 3.63) is 0 Å². The first-order valence-corrected chi connectivity index (χ1v) is 7.33. The first kappa shape index (κ1) is 15.3. The summed E-state index contributed by atoms with van der Waals surface area (Å²) >= 11 is 0. The highest BCUT2D eigenvalue weighted by molar-refractivity contribution is 5.82. The predicted molar refractivity (Wildman–Crippen MR) is 71.2 cm³/mol. The number of carbonyl (C=O) groups excluding carboxylic acids is 1.